The van der Waals surface area contributed by atoms with Crippen LogP contribution in [-0.2, 0) is 0 Å². The van der Waals surface area contributed by atoms with Crippen molar-refractivity contribution in [1.82, 2.24) is 9.97 Å². The molecule has 1 aromatic heterocycles. The standard InChI is InChI=1S/C15H11N3O3/c19-10-5-3-4-9(8-10)16-14-13(15(20)21)17-11-6-1-2-7-12(11)18-14/h1-8,19H,(H,16,18)(H,20,21). The summed E-state index contributed by atoms with van der Waals surface area (Å²) in [6.07, 6.45) is 0. The highest BCUT2D eigenvalue weighted by molar-refractivity contribution is 5.94. The first-order chi connectivity index (χ1) is 10.1. The Bertz CT molecular complexity index is 833. The van der Waals surface area contributed by atoms with Gasteiger partial charge in [0.2, 0.25) is 0 Å². The van der Waals surface area contributed by atoms with Gasteiger partial charge in [0, 0.05) is 11.8 Å². The maximum atomic E-state index is 11.3. The smallest absolute Gasteiger partial charge is 0.358 e. The Morgan fingerprint density at radius 3 is 2.38 bits per heavy atom. The molecule has 0 radical (unpaired) electrons. The van der Waals surface area contributed by atoms with Gasteiger partial charge in [0.15, 0.2) is 11.5 Å². The third kappa shape index (κ3) is 2.59. The summed E-state index contributed by atoms with van der Waals surface area (Å²) < 4.78 is 0. The number of aromatic nitrogens is 2. The maximum absolute atomic E-state index is 11.3. The number of aromatic carboxylic acids is 1. The molecule has 0 unspecified atom stereocenters. The SMILES string of the molecule is O=C(O)c1nc2ccccc2nc1Nc1cccc(O)c1. The van der Waals surface area contributed by atoms with E-state index in [1.54, 1.807) is 36.4 Å². The number of anilines is 2. The van der Waals surface area contributed by atoms with E-state index < -0.39 is 5.97 Å². The highest BCUT2D eigenvalue weighted by Crippen LogP contribution is 2.23. The number of phenols is 1. The maximum Gasteiger partial charge on any atom is 0.358 e. The van der Waals surface area contributed by atoms with Crippen molar-refractivity contribution in [2.45, 2.75) is 0 Å². The predicted octanol–water partition coefficient (Wildman–Crippen LogP) is 2.78. The van der Waals surface area contributed by atoms with Crippen LogP contribution in [0.2, 0.25) is 0 Å². The molecule has 6 nitrogen and oxygen atoms in total. The van der Waals surface area contributed by atoms with Gasteiger partial charge < -0.3 is 15.5 Å². The molecule has 0 fully saturated rings. The van der Waals surface area contributed by atoms with Crippen LogP contribution in [0.25, 0.3) is 11.0 Å². The topological polar surface area (TPSA) is 95.3 Å². The lowest BCUT2D eigenvalue weighted by molar-refractivity contribution is 0.0692. The predicted molar refractivity (Wildman–Crippen MR) is 77.9 cm³/mol. The van der Waals surface area contributed by atoms with Gasteiger partial charge >= 0.3 is 5.97 Å². The largest absolute Gasteiger partial charge is 0.508 e. The fourth-order valence-electron chi connectivity index (χ4n) is 1.96. The van der Waals surface area contributed by atoms with E-state index in [9.17, 15) is 15.0 Å². The molecule has 0 saturated carbocycles. The van der Waals surface area contributed by atoms with Gasteiger partial charge in [-0.2, -0.15) is 0 Å². The summed E-state index contributed by atoms with van der Waals surface area (Å²) in [5, 5.41) is 21.6. The second kappa shape index (κ2) is 5.09. The molecule has 0 aliphatic carbocycles. The van der Waals surface area contributed by atoms with E-state index in [1.807, 2.05) is 0 Å². The second-order valence-electron chi connectivity index (χ2n) is 4.39. The molecule has 0 atom stereocenters. The van der Waals surface area contributed by atoms with Crippen LogP contribution in [0.15, 0.2) is 48.5 Å². The van der Waals surface area contributed by atoms with Gasteiger partial charge in [-0.25, -0.2) is 14.8 Å². The summed E-state index contributed by atoms with van der Waals surface area (Å²) in [6.45, 7) is 0. The lowest BCUT2D eigenvalue weighted by atomic mass is 10.2. The van der Waals surface area contributed by atoms with Crippen molar-refractivity contribution in [3.8, 4) is 5.75 Å². The fraction of sp³-hybridized carbons (Fsp3) is 0. The molecule has 3 N–H and O–H groups in total. The Hall–Kier alpha value is -3.15. The summed E-state index contributed by atoms with van der Waals surface area (Å²) in [4.78, 5) is 19.7. The monoisotopic (exact) mass is 281 g/mol. The number of nitrogens with one attached hydrogen (secondary N) is 1. The minimum atomic E-state index is -1.17. The Morgan fingerprint density at radius 2 is 1.71 bits per heavy atom. The summed E-state index contributed by atoms with van der Waals surface area (Å²) in [7, 11) is 0. The van der Waals surface area contributed by atoms with Crippen LogP contribution >= 0.6 is 0 Å². The molecule has 0 aliphatic rings. The van der Waals surface area contributed by atoms with Crippen molar-refractivity contribution in [2.24, 2.45) is 0 Å². The van der Waals surface area contributed by atoms with E-state index in [-0.39, 0.29) is 17.3 Å². The zero-order chi connectivity index (χ0) is 14.8. The van der Waals surface area contributed by atoms with Crippen LogP contribution in [0, 0.1) is 0 Å². The average molecular weight is 281 g/mol. The molecule has 0 aliphatic heterocycles. The number of carbonyl (C=O) groups is 1. The quantitative estimate of drug-likeness (QED) is 0.683. The fourth-order valence-corrected chi connectivity index (χ4v) is 1.96. The Balaban J connectivity index is 2.11. The van der Waals surface area contributed by atoms with Gasteiger partial charge in [0.1, 0.15) is 5.75 Å². The second-order valence-corrected chi connectivity index (χ2v) is 4.39. The number of para-hydroxylation sites is 2. The van der Waals surface area contributed by atoms with Crippen molar-refractivity contribution < 1.29 is 15.0 Å². The number of hydrogen-bond donors (Lipinski definition) is 3. The van der Waals surface area contributed by atoms with E-state index in [0.29, 0.717) is 16.7 Å². The van der Waals surface area contributed by atoms with Gasteiger partial charge in [-0.1, -0.05) is 18.2 Å². The normalized spacial score (nSPS) is 10.5. The molecule has 6 heteroatoms. The van der Waals surface area contributed by atoms with Crippen LogP contribution in [0.1, 0.15) is 10.5 Å². The van der Waals surface area contributed by atoms with Crippen LogP contribution in [0.5, 0.6) is 5.75 Å². The van der Waals surface area contributed by atoms with Crippen molar-refractivity contribution >= 4 is 28.5 Å². The van der Waals surface area contributed by atoms with Crippen LogP contribution in [0.4, 0.5) is 11.5 Å². The van der Waals surface area contributed by atoms with E-state index >= 15 is 0 Å². The van der Waals surface area contributed by atoms with Crippen molar-refractivity contribution in [2.75, 3.05) is 5.32 Å². The number of aromatic hydroxyl groups is 1. The lowest BCUT2D eigenvalue weighted by Gasteiger charge is -2.09. The lowest BCUT2D eigenvalue weighted by Crippen LogP contribution is -2.08. The van der Waals surface area contributed by atoms with Gasteiger partial charge in [0.25, 0.3) is 0 Å². The Labute approximate surface area is 119 Å². The van der Waals surface area contributed by atoms with Gasteiger partial charge in [0.05, 0.1) is 11.0 Å². The first-order valence-corrected chi connectivity index (χ1v) is 6.19. The molecular formula is C15H11N3O3. The molecule has 2 aromatic carbocycles. The number of phenolic OH excluding ortho intramolecular Hbond substituents is 1. The average Bonchev–Trinajstić information content (AvgIpc) is 2.46. The highest BCUT2D eigenvalue weighted by atomic mass is 16.4. The number of nitrogens with zero attached hydrogens (tertiary/aromatic N) is 2. The first kappa shape index (κ1) is 12.9. The summed E-state index contributed by atoms with van der Waals surface area (Å²) in [5.41, 5.74) is 1.46. The van der Waals surface area contributed by atoms with Gasteiger partial charge in [-0.05, 0) is 24.3 Å². The van der Waals surface area contributed by atoms with Crippen molar-refractivity contribution in [3.05, 3.63) is 54.2 Å². The summed E-state index contributed by atoms with van der Waals surface area (Å²) >= 11 is 0. The molecule has 3 rings (SSSR count). The molecule has 3 aromatic rings. The number of hydrogen-bond acceptors (Lipinski definition) is 5. The van der Waals surface area contributed by atoms with Crippen LogP contribution < -0.4 is 5.32 Å². The Kier molecular flexibility index (Phi) is 3.12. The molecule has 104 valence electrons. The van der Waals surface area contributed by atoms with E-state index in [4.69, 9.17) is 0 Å². The zero-order valence-electron chi connectivity index (χ0n) is 10.8. The minimum absolute atomic E-state index is 0.0747. The number of carboxylic acid groups (broad SMARTS) is 1. The van der Waals surface area contributed by atoms with Crippen LogP contribution in [0.3, 0.4) is 0 Å². The Morgan fingerprint density at radius 1 is 1.00 bits per heavy atom. The third-order valence-corrected chi connectivity index (χ3v) is 2.88. The summed E-state index contributed by atoms with van der Waals surface area (Å²) in [6, 6.07) is 13.4. The molecular weight excluding hydrogens is 270 g/mol. The number of benzene rings is 2. The van der Waals surface area contributed by atoms with Crippen LogP contribution in [-0.4, -0.2) is 26.2 Å². The molecule has 0 amide bonds. The van der Waals surface area contributed by atoms with Crippen molar-refractivity contribution in [1.29, 1.82) is 0 Å². The first-order valence-electron chi connectivity index (χ1n) is 6.19. The highest BCUT2D eigenvalue weighted by Gasteiger charge is 2.15. The molecule has 0 bridgehead atoms. The molecule has 21 heavy (non-hydrogen) atoms. The van der Waals surface area contributed by atoms with Crippen molar-refractivity contribution in [3.63, 3.8) is 0 Å². The zero-order valence-corrected chi connectivity index (χ0v) is 10.8. The van der Waals surface area contributed by atoms with E-state index in [1.165, 1.54) is 12.1 Å². The molecule has 0 spiro atoms. The number of carboxylic acids is 1. The number of rotatable bonds is 3. The van der Waals surface area contributed by atoms with E-state index in [0.717, 1.165) is 0 Å². The van der Waals surface area contributed by atoms with Gasteiger partial charge in [-0.3, -0.25) is 0 Å². The third-order valence-electron chi connectivity index (χ3n) is 2.88. The minimum Gasteiger partial charge on any atom is -0.508 e. The molecule has 0 saturated heterocycles. The summed E-state index contributed by atoms with van der Waals surface area (Å²) in [5.74, 6) is -0.965. The molecule has 1 heterocycles. The van der Waals surface area contributed by atoms with Gasteiger partial charge in [-0.15, -0.1) is 0 Å². The number of fused-ring (bicyclic) bond motifs is 1. The van der Waals surface area contributed by atoms with E-state index in [2.05, 4.69) is 15.3 Å².